The predicted octanol–water partition coefficient (Wildman–Crippen LogP) is 2.05. The van der Waals surface area contributed by atoms with Crippen LogP contribution in [0.25, 0.3) is 0 Å². The Bertz CT molecular complexity index is 401. The van der Waals surface area contributed by atoms with Crippen molar-refractivity contribution in [2.45, 2.75) is 38.8 Å². The highest BCUT2D eigenvalue weighted by Gasteiger charge is 2.46. The molecule has 1 aromatic rings. The predicted molar refractivity (Wildman–Crippen MR) is 73.3 cm³/mol. The van der Waals surface area contributed by atoms with Crippen molar-refractivity contribution in [2.24, 2.45) is 5.41 Å². The van der Waals surface area contributed by atoms with Gasteiger partial charge in [-0.1, -0.05) is 6.07 Å². The van der Waals surface area contributed by atoms with E-state index in [0.29, 0.717) is 5.41 Å². The van der Waals surface area contributed by atoms with Gasteiger partial charge in [0.2, 0.25) is 0 Å². The van der Waals surface area contributed by atoms with E-state index in [1.54, 1.807) is 0 Å². The molecule has 0 aromatic carbocycles. The topological polar surface area (TPSA) is 28.2 Å². The molecule has 3 heteroatoms. The number of rotatable bonds is 2. The fourth-order valence-corrected chi connectivity index (χ4v) is 3.00. The summed E-state index contributed by atoms with van der Waals surface area (Å²) < 4.78 is 0. The molecular formula is C15H23N3. The van der Waals surface area contributed by atoms with E-state index in [9.17, 15) is 0 Å². The van der Waals surface area contributed by atoms with Crippen molar-refractivity contribution >= 4 is 0 Å². The number of hydrogen-bond acceptors (Lipinski definition) is 3. The first kappa shape index (κ1) is 12.1. The van der Waals surface area contributed by atoms with Crippen molar-refractivity contribution in [3.05, 3.63) is 30.1 Å². The average Bonchev–Trinajstić information content (AvgIpc) is 3.09. The third-order valence-electron chi connectivity index (χ3n) is 4.21. The fraction of sp³-hybridized carbons (Fsp3) is 0.667. The monoisotopic (exact) mass is 245 g/mol. The minimum Gasteiger partial charge on any atom is -0.310 e. The van der Waals surface area contributed by atoms with Gasteiger partial charge in [-0.2, -0.15) is 0 Å². The summed E-state index contributed by atoms with van der Waals surface area (Å²) in [6, 6.07) is 4.21. The van der Waals surface area contributed by atoms with Gasteiger partial charge < -0.3 is 5.32 Å². The second-order valence-electron chi connectivity index (χ2n) is 6.74. The highest BCUT2D eigenvalue weighted by atomic mass is 15.2. The minimum absolute atomic E-state index is 0.217. The van der Waals surface area contributed by atoms with Gasteiger partial charge in [0.25, 0.3) is 0 Å². The first-order valence-electron chi connectivity index (χ1n) is 6.93. The fourth-order valence-electron chi connectivity index (χ4n) is 3.00. The third kappa shape index (κ3) is 2.73. The highest BCUT2D eigenvalue weighted by Crippen LogP contribution is 2.47. The Balaban J connectivity index is 1.73. The van der Waals surface area contributed by atoms with Crippen LogP contribution in [-0.2, 0) is 6.54 Å². The van der Waals surface area contributed by atoms with Crippen molar-refractivity contribution in [3.8, 4) is 0 Å². The molecule has 18 heavy (non-hydrogen) atoms. The summed E-state index contributed by atoms with van der Waals surface area (Å²) in [5.41, 5.74) is 2.11. The van der Waals surface area contributed by atoms with Gasteiger partial charge in [-0.05, 0) is 43.7 Å². The van der Waals surface area contributed by atoms with Crippen LogP contribution >= 0.6 is 0 Å². The van der Waals surface area contributed by atoms with Gasteiger partial charge in [0.15, 0.2) is 0 Å². The van der Waals surface area contributed by atoms with Gasteiger partial charge in [0.05, 0.1) is 0 Å². The van der Waals surface area contributed by atoms with Crippen molar-refractivity contribution in [1.29, 1.82) is 0 Å². The van der Waals surface area contributed by atoms with E-state index in [-0.39, 0.29) is 5.54 Å². The van der Waals surface area contributed by atoms with Crippen LogP contribution in [0.15, 0.2) is 24.5 Å². The van der Waals surface area contributed by atoms with Crippen LogP contribution < -0.4 is 5.32 Å². The molecule has 0 unspecified atom stereocenters. The smallest absolute Gasteiger partial charge is 0.0312 e. The summed E-state index contributed by atoms with van der Waals surface area (Å²) in [4.78, 5) is 6.82. The summed E-state index contributed by atoms with van der Waals surface area (Å²) in [6.07, 6.45) is 6.62. The molecule has 1 spiro atoms. The molecule has 0 amide bonds. The lowest BCUT2D eigenvalue weighted by atomic mass is 10.1. The summed E-state index contributed by atoms with van der Waals surface area (Å²) in [7, 11) is 0. The van der Waals surface area contributed by atoms with E-state index in [1.165, 1.54) is 31.5 Å². The van der Waals surface area contributed by atoms with Crippen LogP contribution in [0.4, 0.5) is 0 Å². The molecule has 2 aliphatic rings. The van der Waals surface area contributed by atoms with Crippen LogP contribution in [0.2, 0.25) is 0 Å². The molecule has 2 fully saturated rings. The molecule has 1 aromatic heterocycles. The molecule has 0 bridgehead atoms. The van der Waals surface area contributed by atoms with Gasteiger partial charge in [0, 0.05) is 44.1 Å². The zero-order valence-corrected chi connectivity index (χ0v) is 11.4. The molecule has 1 saturated heterocycles. The number of hydrogen-bond donors (Lipinski definition) is 1. The Morgan fingerprint density at radius 3 is 2.83 bits per heavy atom. The van der Waals surface area contributed by atoms with Gasteiger partial charge >= 0.3 is 0 Å². The number of aromatic nitrogens is 1. The van der Waals surface area contributed by atoms with Crippen molar-refractivity contribution in [1.82, 2.24) is 15.2 Å². The molecule has 3 nitrogen and oxygen atoms in total. The standard InChI is InChI=1S/C15H23N3/c1-14(2)11-18(9-13-4-3-7-16-8-13)12-15(5-6-15)10-17-14/h3-4,7-8,17H,5-6,9-12H2,1-2H3. The Hall–Kier alpha value is -0.930. The average molecular weight is 245 g/mol. The molecule has 1 saturated carbocycles. The molecule has 2 heterocycles. The maximum Gasteiger partial charge on any atom is 0.0312 e. The van der Waals surface area contributed by atoms with Crippen molar-refractivity contribution in [2.75, 3.05) is 19.6 Å². The Labute approximate surface area is 110 Å². The summed E-state index contributed by atoms with van der Waals surface area (Å²) in [6.45, 7) is 9.18. The molecule has 3 rings (SSSR count). The maximum atomic E-state index is 4.22. The zero-order valence-electron chi connectivity index (χ0n) is 11.4. The first-order valence-corrected chi connectivity index (χ1v) is 6.93. The molecule has 0 radical (unpaired) electrons. The van der Waals surface area contributed by atoms with Crippen molar-refractivity contribution in [3.63, 3.8) is 0 Å². The second-order valence-corrected chi connectivity index (χ2v) is 6.74. The lowest BCUT2D eigenvalue weighted by molar-refractivity contribution is 0.205. The van der Waals surface area contributed by atoms with Crippen LogP contribution in [-0.4, -0.2) is 35.1 Å². The summed E-state index contributed by atoms with van der Waals surface area (Å²) in [5, 5.41) is 3.73. The molecule has 1 aliphatic heterocycles. The van der Waals surface area contributed by atoms with E-state index >= 15 is 0 Å². The van der Waals surface area contributed by atoms with Crippen LogP contribution in [0.3, 0.4) is 0 Å². The summed E-state index contributed by atoms with van der Waals surface area (Å²) >= 11 is 0. The molecule has 0 atom stereocenters. The largest absolute Gasteiger partial charge is 0.310 e. The van der Waals surface area contributed by atoms with Crippen LogP contribution in [0, 0.1) is 5.41 Å². The normalized spacial score (nSPS) is 25.9. The first-order chi connectivity index (χ1) is 8.57. The quantitative estimate of drug-likeness (QED) is 0.864. The Kier molecular flexibility index (Phi) is 2.91. The lowest BCUT2D eigenvalue weighted by Gasteiger charge is -2.30. The third-order valence-corrected chi connectivity index (χ3v) is 4.21. The van der Waals surface area contributed by atoms with E-state index in [4.69, 9.17) is 0 Å². The lowest BCUT2D eigenvalue weighted by Crippen LogP contribution is -2.46. The van der Waals surface area contributed by atoms with Gasteiger partial charge in [-0.25, -0.2) is 0 Å². The van der Waals surface area contributed by atoms with Gasteiger partial charge in [-0.15, -0.1) is 0 Å². The Morgan fingerprint density at radius 1 is 1.33 bits per heavy atom. The Morgan fingerprint density at radius 2 is 2.17 bits per heavy atom. The van der Waals surface area contributed by atoms with Crippen LogP contribution in [0.1, 0.15) is 32.3 Å². The number of nitrogens with one attached hydrogen (secondary N) is 1. The molecule has 98 valence electrons. The second kappa shape index (κ2) is 4.32. The molecular weight excluding hydrogens is 222 g/mol. The van der Waals surface area contributed by atoms with E-state index < -0.39 is 0 Å². The molecule has 1 aliphatic carbocycles. The number of nitrogens with zero attached hydrogens (tertiary/aromatic N) is 2. The van der Waals surface area contributed by atoms with E-state index in [2.05, 4.69) is 35.1 Å². The maximum absolute atomic E-state index is 4.22. The number of pyridine rings is 1. The van der Waals surface area contributed by atoms with E-state index in [0.717, 1.165) is 13.1 Å². The van der Waals surface area contributed by atoms with Gasteiger partial charge in [0.1, 0.15) is 0 Å². The summed E-state index contributed by atoms with van der Waals surface area (Å²) in [5.74, 6) is 0. The van der Waals surface area contributed by atoms with E-state index in [1.807, 2.05) is 18.5 Å². The van der Waals surface area contributed by atoms with Crippen molar-refractivity contribution < 1.29 is 0 Å². The highest BCUT2D eigenvalue weighted by molar-refractivity contribution is 5.10. The minimum atomic E-state index is 0.217. The SMILES string of the molecule is CC1(C)CN(Cc2cccnc2)CC2(CC2)CN1. The molecule has 1 N–H and O–H groups in total. The zero-order chi connectivity index (χ0) is 12.6. The van der Waals surface area contributed by atoms with Crippen LogP contribution in [0.5, 0.6) is 0 Å². The van der Waals surface area contributed by atoms with Gasteiger partial charge in [-0.3, -0.25) is 9.88 Å².